The fourth-order valence-electron chi connectivity index (χ4n) is 2.71. The quantitative estimate of drug-likeness (QED) is 0.294. The first kappa shape index (κ1) is 22.1. The zero-order valence-electron chi connectivity index (χ0n) is 15.9. The van der Waals surface area contributed by atoms with Gasteiger partial charge in [-0.3, -0.25) is 9.59 Å². The molecule has 0 fully saturated rings. The Morgan fingerprint density at radius 1 is 1.14 bits per heavy atom. The molecule has 10 nitrogen and oxygen atoms in total. The minimum absolute atomic E-state index is 0.0434. The number of aromatic nitrogens is 2. The monoisotopic (exact) mass is 403 g/mol. The molecular formula is C19H25N5O5. The number of nitrogens with two attached hydrogens (primary N) is 1. The standard InChI is InChI=1S/C19H25N5O5/c1-11(25)16(19(28)29)24-18(27)15(8-13-9-21-10-22-13)23-17(26)14(20)7-12-5-3-2-4-6-12/h2-6,9-11,14-16,25H,7-8,20H2,1H3,(H,21,22)(H,23,26)(H,24,27)(H,28,29). The molecule has 4 unspecified atom stereocenters. The lowest BCUT2D eigenvalue weighted by Crippen LogP contribution is -2.57. The van der Waals surface area contributed by atoms with Crippen molar-refractivity contribution in [1.29, 1.82) is 0 Å². The summed E-state index contributed by atoms with van der Waals surface area (Å²) in [6.45, 7) is 1.25. The Hall–Kier alpha value is -3.24. The molecule has 2 aromatic rings. The third-order valence-electron chi connectivity index (χ3n) is 4.29. The predicted octanol–water partition coefficient (Wildman–Crippen LogP) is -1.04. The maximum absolute atomic E-state index is 12.6. The SMILES string of the molecule is CC(O)C(NC(=O)C(Cc1cnc[nH]1)NC(=O)C(N)Cc1ccccc1)C(=O)O. The summed E-state index contributed by atoms with van der Waals surface area (Å²) in [4.78, 5) is 43.1. The molecular weight excluding hydrogens is 378 g/mol. The van der Waals surface area contributed by atoms with E-state index in [1.165, 1.54) is 19.4 Å². The third kappa shape index (κ3) is 6.70. The topological polar surface area (TPSA) is 170 Å². The highest BCUT2D eigenvalue weighted by Gasteiger charge is 2.30. The number of hydrogen-bond acceptors (Lipinski definition) is 6. The molecule has 0 radical (unpaired) electrons. The first-order chi connectivity index (χ1) is 13.8. The van der Waals surface area contributed by atoms with Crippen molar-refractivity contribution in [3.05, 3.63) is 54.1 Å². The number of nitrogens with zero attached hydrogens (tertiary/aromatic N) is 1. The van der Waals surface area contributed by atoms with Crippen molar-refractivity contribution < 1.29 is 24.6 Å². The maximum atomic E-state index is 12.6. The Morgan fingerprint density at radius 2 is 1.83 bits per heavy atom. The zero-order chi connectivity index (χ0) is 21.4. The Kier molecular flexibility index (Phi) is 7.87. The van der Waals surface area contributed by atoms with Gasteiger partial charge in [0.25, 0.3) is 0 Å². The van der Waals surface area contributed by atoms with Gasteiger partial charge >= 0.3 is 5.97 Å². The van der Waals surface area contributed by atoms with Gasteiger partial charge in [0.1, 0.15) is 6.04 Å². The number of benzene rings is 1. The maximum Gasteiger partial charge on any atom is 0.328 e. The van der Waals surface area contributed by atoms with Crippen molar-refractivity contribution in [2.75, 3.05) is 0 Å². The number of aliphatic carboxylic acids is 1. The van der Waals surface area contributed by atoms with E-state index in [0.717, 1.165) is 5.56 Å². The van der Waals surface area contributed by atoms with Crippen LogP contribution < -0.4 is 16.4 Å². The first-order valence-electron chi connectivity index (χ1n) is 9.06. The van der Waals surface area contributed by atoms with Gasteiger partial charge < -0.3 is 31.6 Å². The molecule has 10 heteroatoms. The van der Waals surface area contributed by atoms with Gasteiger partial charge in [-0.25, -0.2) is 9.78 Å². The summed E-state index contributed by atoms with van der Waals surface area (Å²) in [7, 11) is 0. The number of carbonyl (C=O) groups excluding carboxylic acids is 2. The molecule has 2 amide bonds. The molecule has 0 bridgehead atoms. The molecule has 0 spiro atoms. The van der Waals surface area contributed by atoms with Crippen LogP contribution in [0.15, 0.2) is 42.9 Å². The lowest BCUT2D eigenvalue weighted by Gasteiger charge is -2.23. The Labute approximate surface area is 167 Å². The van der Waals surface area contributed by atoms with Gasteiger partial charge in [0.2, 0.25) is 11.8 Å². The van der Waals surface area contributed by atoms with E-state index in [9.17, 15) is 19.5 Å². The lowest BCUT2D eigenvalue weighted by molar-refractivity contribution is -0.145. The molecule has 1 aromatic carbocycles. The van der Waals surface area contributed by atoms with Crippen molar-refractivity contribution in [1.82, 2.24) is 20.6 Å². The van der Waals surface area contributed by atoms with Crippen LogP contribution in [0.4, 0.5) is 0 Å². The number of hydrogen-bond donors (Lipinski definition) is 6. The minimum atomic E-state index is -1.51. The van der Waals surface area contributed by atoms with E-state index in [2.05, 4.69) is 20.6 Å². The van der Waals surface area contributed by atoms with Gasteiger partial charge in [-0.2, -0.15) is 0 Å². The minimum Gasteiger partial charge on any atom is -0.480 e. The smallest absolute Gasteiger partial charge is 0.328 e. The molecule has 0 aliphatic carbocycles. The van der Waals surface area contributed by atoms with Crippen molar-refractivity contribution in [3.8, 4) is 0 Å². The lowest BCUT2D eigenvalue weighted by atomic mass is 10.0. The number of carbonyl (C=O) groups is 3. The normalized spacial score (nSPS) is 15.0. The van der Waals surface area contributed by atoms with Crippen LogP contribution in [0.3, 0.4) is 0 Å². The summed E-state index contributed by atoms with van der Waals surface area (Å²) < 4.78 is 0. The van der Waals surface area contributed by atoms with E-state index in [1.54, 1.807) is 0 Å². The number of aliphatic hydroxyl groups is 1. The number of amides is 2. The Morgan fingerprint density at radius 3 is 2.38 bits per heavy atom. The van der Waals surface area contributed by atoms with Gasteiger partial charge in [0.05, 0.1) is 18.5 Å². The predicted molar refractivity (Wildman–Crippen MR) is 104 cm³/mol. The fourth-order valence-corrected chi connectivity index (χ4v) is 2.71. The highest BCUT2D eigenvalue weighted by molar-refractivity contribution is 5.92. The van der Waals surface area contributed by atoms with Crippen molar-refractivity contribution in [3.63, 3.8) is 0 Å². The Bertz CT molecular complexity index is 810. The second kappa shape index (κ2) is 10.3. The number of H-pyrrole nitrogens is 1. The van der Waals surface area contributed by atoms with E-state index in [0.29, 0.717) is 5.69 Å². The summed E-state index contributed by atoms with van der Waals surface area (Å²) in [6.07, 6.45) is 1.90. The summed E-state index contributed by atoms with van der Waals surface area (Å²) >= 11 is 0. The molecule has 29 heavy (non-hydrogen) atoms. The third-order valence-corrected chi connectivity index (χ3v) is 4.29. The molecule has 2 rings (SSSR count). The van der Waals surface area contributed by atoms with Gasteiger partial charge in [-0.1, -0.05) is 30.3 Å². The van der Waals surface area contributed by atoms with E-state index in [4.69, 9.17) is 10.8 Å². The average molecular weight is 403 g/mol. The fraction of sp³-hybridized carbons (Fsp3) is 0.368. The second-order valence-corrected chi connectivity index (χ2v) is 6.70. The number of aliphatic hydroxyl groups excluding tert-OH is 1. The van der Waals surface area contributed by atoms with Crippen LogP contribution in [0.25, 0.3) is 0 Å². The molecule has 0 saturated heterocycles. The van der Waals surface area contributed by atoms with Crippen LogP contribution >= 0.6 is 0 Å². The van der Waals surface area contributed by atoms with Gasteiger partial charge in [0, 0.05) is 18.3 Å². The highest BCUT2D eigenvalue weighted by Crippen LogP contribution is 2.05. The number of carboxylic acid groups (broad SMARTS) is 1. The summed E-state index contributed by atoms with van der Waals surface area (Å²) in [6, 6.07) is 5.66. The summed E-state index contributed by atoms with van der Waals surface area (Å²) in [5.41, 5.74) is 7.40. The van der Waals surface area contributed by atoms with Crippen molar-refractivity contribution in [2.24, 2.45) is 5.73 Å². The van der Waals surface area contributed by atoms with Crippen LogP contribution in [-0.4, -0.2) is 62.2 Å². The van der Waals surface area contributed by atoms with E-state index >= 15 is 0 Å². The molecule has 0 aliphatic rings. The van der Waals surface area contributed by atoms with Gasteiger partial charge in [-0.05, 0) is 18.9 Å². The highest BCUT2D eigenvalue weighted by atomic mass is 16.4. The van der Waals surface area contributed by atoms with Gasteiger partial charge in [-0.15, -0.1) is 0 Å². The summed E-state index contributed by atoms with van der Waals surface area (Å²) in [5, 5.41) is 23.6. The molecule has 7 N–H and O–H groups in total. The van der Waals surface area contributed by atoms with Crippen molar-refractivity contribution >= 4 is 17.8 Å². The molecule has 1 heterocycles. The van der Waals surface area contributed by atoms with Crippen LogP contribution in [0.1, 0.15) is 18.2 Å². The molecule has 4 atom stereocenters. The number of carboxylic acids is 1. The number of rotatable bonds is 10. The van der Waals surface area contributed by atoms with Crippen molar-refractivity contribution in [2.45, 2.75) is 44.0 Å². The zero-order valence-corrected chi connectivity index (χ0v) is 15.9. The second-order valence-electron chi connectivity index (χ2n) is 6.70. The van der Waals surface area contributed by atoms with Gasteiger partial charge in [0.15, 0.2) is 6.04 Å². The largest absolute Gasteiger partial charge is 0.480 e. The average Bonchev–Trinajstić information content (AvgIpc) is 3.18. The molecule has 0 saturated carbocycles. The van der Waals surface area contributed by atoms with E-state index in [-0.39, 0.29) is 12.8 Å². The number of imidazole rings is 1. The molecule has 156 valence electrons. The molecule has 0 aliphatic heterocycles. The molecule has 1 aromatic heterocycles. The van der Waals surface area contributed by atoms with Crippen LogP contribution in [-0.2, 0) is 27.2 Å². The van der Waals surface area contributed by atoms with Crippen LogP contribution in [0, 0.1) is 0 Å². The van der Waals surface area contributed by atoms with E-state index in [1.807, 2.05) is 30.3 Å². The van der Waals surface area contributed by atoms with Crippen LogP contribution in [0.5, 0.6) is 0 Å². The first-order valence-corrected chi connectivity index (χ1v) is 9.06. The number of aromatic amines is 1. The Balaban J connectivity index is 2.09. The van der Waals surface area contributed by atoms with Crippen LogP contribution in [0.2, 0.25) is 0 Å². The number of nitrogens with one attached hydrogen (secondary N) is 3. The summed E-state index contributed by atoms with van der Waals surface area (Å²) in [5.74, 6) is -2.70. The van der Waals surface area contributed by atoms with E-state index < -0.39 is 42.0 Å².